The minimum atomic E-state index is -0.250. The van der Waals surface area contributed by atoms with E-state index in [9.17, 15) is 9.59 Å². The smallest absolute Gasteiger partial charge is 0.267 e. The van der Waals surface area contributed by atoms with Crippen LogP contribution in [0.3, 0.4) is 0 Å². The predicted molar refractivity (Wildman–Crippen MR) is 106 cm³/mol. The Morgan fingerprint density at radius 1 is 1.21 bits per heavy atom. The summed E-state index contributed by atoms with van der Waals surface area (Å²) < 4.78 is 5.27. The van der Waals surface area contributed by atoms with E-state index >= 15 is 0 Å². The largest absolute Gasteiger partial charge is 0.360 e. The Morgan fingerprint density at radius 2 is 1.93 bits per heavy atom. The molecule has 7 heteroatoms. The zero-order valence-electron chi connectivity index (χ0n) is 15.4. The number of aromatic nitrogens is 2. The molecule has 0 spiro atoms. The molecule has 4 rings (SSSR count). The molecule has 0 unspecified atom stereocenters. The molecule has 28 heavy (non-hydrogen) atoms. The molecular weight excluding hydrogens is 378 g/mol. The van der Waals surface area contributed by atoms with Crippen molar-refractivity contribution in [1.82, 2.24) is 15.5 Å². The molecule has 0 aliphatic heterocycles. The maximum absolute atomic E-state index is 13.1. The summed E-state index contributed by atoms with van der Waals surface area (Å²) >= 11 is 5.94. The highest BCUT2D eigenvalue weighted by Gasteiger charge is 2.25. The van der Waals surface area contributed by atoms with Gasteiger partial charge in [-0.3, -0.25) is 9.59 Å². The fourth-order valence-corrected chi connectivity index (χ4v) is 3.70. The molecule has 0 atom stereocenters. The van der Waals surface area contributed by atoms with E-state index in [4.69, 9.17) is 16.1 Å². The molecule has 0 radical (unpaired) electrons. The highest BCUT2D eigenvalue weighted by molar-refractivity contribution is 6.30. The van der Waals surface area contributed by atoms with Crippen LogP contribution in [0.4, 0.5) is 0 Å². The van der Waals surface area contributed by atoms with Crippen molar-refractivity contribution in [1.29, 1.82) is 0 Å². The van der Waals surface area contributed by atoms with Crippen LogP contribution >= 0.6 is 11.6 Å². The van der Waals surface area contributed by atoms with Crippen LogP contribution < -0.4 is 5.32 Å². The number of aromatic amines is 1. The van der Waals surface area contributed by atoms with Crippen LogP contribution in [0.2, 0.25) is 5.02 Å². The Kier molecular flexibility index (Phi) is 5.05. The van der Waals surface area contributed by atoms with Gasteiger partial charge in [-0.1, -0.05) is 41.7 Å². The number of amides is 1. The highest BCUT2D eigenvalue weighted by atomic mass is 35.5. The zero-order valence-corrected chi connectivity index (χ0v) is 16.2. The second-order valence-corrected chi connectivity index (χ2v) is 7.49. The quantitative estimate of drug-likeness (QED) is 0.619. The summed E-state index contributed by atoms with van der Waals surface area (Å²) in [5, 5.41) is 7.65. The van der Waals surface area contributed by atoms with E-state index in [1.807, 2.05) is 0 Å². The van der Waals surface area contributed by atoms with Crippen molar-refractivity contribution < 1.29 is 14.1 Å². The molecule has 1 fully saturated rings. The Morgan fingerprint density at radius 3 is 2.64 bits per heavy atom. The van der Waals surface area contributed by atoms with Crippen LogP contribution in [-0.4, -0.2) is 27.9 Å². The van der Waals surface area contributed by atoms with Gasteiger partial charge in [-0.05, 0) is 38.0 Å². The number of halogens is 1. The summed E-state index contributed by atoms with van der Waals surface area (Å²) in [6.07, 6.45) is 5.83. The number of benzene rings is 1. The van der Waals surface area contributed by atoms with Crippen molar-refractivity contribution in [3.05, 3.63) is 64.1 Å². The number of ketones is 1. The second kappa shape index (κ2) is 7.64. The summed E-state index contributed by atoms with van der Waals surface area (Å²) in [7, 11) is 0. The molecule has 2 heterocycles. The van der Waals surface area contributed by atoms with Gasteiger partial charge in [-0.25, -0.2) is 0 Å². The monoisotopic (exact) mass is 397 g/mol. The first-order valence-corrected chi connectivity index (χ1v) is 9.67. The maximum atomic E-state index is 13.1. The van der Waals surface area contributed by atoms with Crippen molar-refractivity contribution in [2.24, 2.45) is 0 Å². The minimum absolute atomic E-state index is 0.189. The van der Waals surface area contributed by atoms with E-state index in [2.05, 4.69) is 15.5 Å². The summed E-state index contributed by atoms with van der Waals surface area (Å²) in [5.41, 5.74) is 2.33. The van der Waals surface area contributed by atoms with Gasteiger partial charge >= 0.3 is 0 Å². The summed E-state index contributed by atoms with van der Waals surface area (Å²) in [6, 6.07) is 8.83. The first-order valence-electron chi connectivity index (χ1n) is 9.29. The van der Waals surface area contributed by atoms with Crippen LogP contribution in [0.5, 0.6) is 0 Å². The molecule has 1 amide bonds. The Bertz CT molecular complexity index is 1010. The third kappa shape index (κ3) is 3.60. The number of H-pyrrole nitrogens is 1. The van der Waals surface area contributed by atoms with Gasteiger partial charge < -0.3 is 14.8 Å². The lowest BCUT2D eigenvalue weighted by Gasteiger charge is -2.10. The lowest BCUT2D eigenvalue weighted by Crippen LogP contribution is -2.32. The van der Waals surface area contributed by atoms with Crippen molar-refractivity contribution in [3.8, 4) is 11.3 Å². The average molecular weight is 398 g/mol. The van der Waals surface area contributed by atoms with Gasteiger partial charge in [0.15, 0.2) is 5.78 Å². The Labute approximate surface area is 167 Å². The maximum Gasteiger partial charge on any atom is 0.267 e. The molecule has 144 valence electrons. The highest BCUT2D eigenvalue weighted by Crippen LogP contribution is 2.28. The molecular formula is C21H20ClN3O3. The normalized spacial score (nSPS) is 14.4. The van der Waals surface area contributed by atoms with Gasteiger partial charge in [-0.15, -0.1) is 0 Å². The molecule has 1 saturated carbocycles. The molecule has 3 aromatic rings. The lowest BCUT2D eigenvalue weighted by atomic mass is 9.99. The van der Waals surface area contributed by atoms with Gasteiger partial charge in [0, 0.05) is 28.4 Å². The number of rotatable bonds is 5. The van der Waals surface area contributed by atoms with E-state index in [1.165, 1.54) is 0 Å². The van der Waals surface area contributed by atoms with E-state index in [-0.39, 0.29) is 17.7 Å². The molecule has 0 saturated heterocycles. The lowest BCUT2D eigenvalue weighted by molar-refractivity contribution is 0.0933. The number of hydrogen-bond acceptors (Lipinski definition) is 4. The molecule has 1 aliphatic carbocycles. The van der Waals surface area contributed by atoms with Crippen LogP contribution in [-0.2, 0) is 0 Å². The fourth-order valence-electron chi connectivity index (χ4n) is 3.58. The van der Waals surface area contributed by atoms with Crippen LogP contribution in [0.25, 0.3) is 11.3 Å². The van der Waals surface area contributed by atoms with Gasteiger partial charge in [0.25, 0.3) is 5.91 Å². The standard InChI is InChI=1S/C21H20ClN3O3/c1-12-18(19(25-28-12)13-6-8-15(22)9-7-13)20(26)14-10-17(23-11-14)21(27)24-16-4-2-3-5-16/h6-11,16,23H,2-5H2,1H3,(H,24,27). The third-order valence-electron chi connectivity index (χ3n) is 5.09. The van der Waals surface area contributed by atoms with Gasteiger partial charge in [0.1, 0.15) is 17.1 Å². The van der Waals surface area contributed by atoms with Crippen LogP contribution in [0.15, 0.2) is 41.1 Å². The molecule has 6 nitrogen and oxygen atoms in total. The summed E-state index contributed by atoms with van der Waals surface area (Å²) in [5.74, 6) is -0.0149. The number of nitrogens with one attached hydrogen (secondary N) is 2. The van der Waals surface area contributed by atoms with E-state index in [1.54, 1.807) is 43.5 Å². The number of hydrogen-bond donors (Lipinski definition) is 2. The zero-order chi connectivity index (χ0) is 19.7. The summed E-state index contributed by atoms with van der Waals surface area (Å²) in [4.78, 5) is 28.4. The van der Waals surface area contributed by atoms with Gasteiger partial charge in [0.05, 0.1) is 5.56 Å². The second-order valence-electron chi connectivity index (χ2n) is 7.06. The van der Waals surface area contributed by atoms with Crippen molar-refractivity contribution in [2.75, 3.05) is 0 Å². The van der Waals surface area contributed by atoms with Crippen LogP contribution in [0, 0.1) is 6.92 Å². The predicted octanol–water partition coefficient (Wildman–Crippen LogP) is 4.53. The average Bonchev–Trinajstić information content (AvgIpc) is 3.42. The molecule has 0 bridgehead atoms. The number of nitrogens with zero attached hydrogens (tertiary/aromatic N) is 1. The number of aryl methyl sites for hydroxylation is 1. The van der Waals surface area contributed by atoms with Gasteiger partial charge in [-0.2, -0.15) is 0 Å². The van der Waals surface area contributed by atoms with E-state index in [0.29, 0.717) is 33.3 Å². The number of carbonyl (C=O) groups is 2. The SMILES string of the molecule is Cc1onc(-c2ccc(Cl)cc2)c1C(=O)c1c[nH]c(C(=O)NC2CCCC2)c1. The van der Waals surface area contributed by atoms with E-state index in [0.717, 1.165) is 31.2 Å². The molecule has 2 N–H and O–H groups in total. The minimum Gasteiger partial charge on any atom is -0.360 e. The van der Waals surface area contributed by atoms with Crippen LogP contribution in [0.1, 0.15) is 57.9 Å². The summed E-state index contributed by atoms with van der Waals surface area (Å²) in [6.45, 7) is 1.69. The number of carbonyl (C=O) groups excluding carboxylic acids is 2. The van der Waals surface area contributed by atoms with Crippen molar-refractivity contribution in [2.45, 2.75) is 38.6 Å². The topological polar surface area (TPSA) is 88.0 Å². The van der Waals surface area contributed by atoms with E-state index < -0.39 is 0 Å². The van der Waals surface area contributed by atoms with Crippen molar-refractivity contribution >= 4 is 23.3 Å². The molecule has 1 aliphatic rings. The first kappa shape index (κ1) is 18.5. The van der Waals surface area contributed by atoms with Crippen molar-refractivity contribution in [3.63, 3.8) is 0 Å². The third-order valence-corrected chi connectivity index (χ3v) is 5.34. The fraction of sp³-hybridized carbons (Fsp3) is 0.286. The first-order chi connectivity index (χ1) is 13.5. The molecule has 1 aromatic carbocycles. The Balaban J connectivity index is 1.59. The van der Waals surface area contributed by atoms with Gasteiger partial charge in [0.2, 0.25) is 0 Å². The molecule has 2 aromatic heterocycles. The Hall–Kier alpha value is -2.86.